The predicted octanol–water partition coefficient (Wildman–Crippen LogP) is 6.22. The lowest BCUT2D eigenvalue weighted by Gasteiger charge is -2.20. The molecular weight excluding hydrogens is 422 g/mol. The number of benzene rings is 4. The Balaban J connectivity index is 1.41. The number of rotatable bonds is 4. The summed E-state index contributed by atoms with van der Waals surface area (Å²) in [6, 6.07) is 26.7. The number of nitrogens with one attached hydrogen (secondary N) is 1. The van der Waals surface area contributed by atoms with Gasteiger partial charge >= 0.3 is 0 Å². The van der Waals surface area contributed by atoms with E-state index in [4.69, 9.17) is 9.72 Å². The Morgan fingerprint density at radius 3 is 2.47 bits per heavy atom. The Kier molecular flexibility index (Phi) is 4.49. The van der Waals surface area contributed by atoms with E-state index in [9.17, 15) is 4.79 Å². The lowest BCUT2D eigenvalue weighted by Crippen LogP contribution is -2.35. The first kappa shape index (κ1) is 20.5. The summed E-state index contributed by atoms with van der Waals surface area (Å²) < 4.78 is 5.27. The van der Waals surface area contributed by atoms with Crippen molar-refractivity contribution in [3.63, 3.8) is 0 Å². The van der Waals surface area contributed by atoms with Gasteiger partial charge in [-0.1, -0.05) is 36.4 Å². The van der Waals surface area contributed by atoms with Gasteiger partial charge in [-0.15, -0.1) is 0 Å². The molecule has 0 spiro atoms. The van der Waals surface area contributed by atoms with Gasteiger partial charge in [0.2, 0.25) is 5.91 Å². The van der Waals surface area contributed by atoms with Gasteiger partial charge in [0.1, 0.15) is 11.6 Å². The van der Waals surface area contributed by atoms with Crippen LogP contribution in [0.3, 0.4) is 0 Å². The van der Waals surface area contributed by atoms with E-state index in [1.807, 2.05) is 61.2 Å². The number of ether oxygens (including phenoxy) is 1. The summed E-state index contributed by atoms with van der Waals surface area (Å²) in [5, 5.41) is 2.38. The van der Waals surface area contributed by atoms with Gasteiger partial charge in [-0.05, 0) is 78.2 Å². The molecule has 6 rings (SSSR count). The van der Waals surface area contributed by atoms with E-state index in [0.29, 0.717) is 6.54 Å². The van der Waals surface area contributed by atoms with E-state index in [0.717, 1.165) is 45.0 Å². The zero-order chi connectivity index (χ0) is 23.4. The van der Waals surface area contributed by atoms with Crippen molar-refractivity contribution >= 4 is 33.4 Å². The van der Waals surface area contributed by atoms with Crippen molar-refractivity contribution in [3.05, 3.63) is 90.0 Å². The number of nitrogens with zero attached hydrogens (tertiary/aromatic N) is 2. The summed E-state index contributed by atoms with van der Waals surface area (Å²) in [5.41, 5.74) is 5.22. The predicted molar refractivity (Wildman–Crippen MR) is 136 cm³/mol. The van der Waals surface area contributed by atoms with Crippen molar-refractivity contribution in [2.24, 2.45) is 0 Å². The van der Waals surface area contributed by atoms with Gasteiger partial charge in [0.05, 0.1) is 35.8 Å². The van der Waals surface area contributed by atoms with Crippen molar-refractivity contribution in [3.8, 4) is 17.1 Å². The molecular formula is C29H25N3O2. The van der Waals surface area contributed by atoms with Gasteiger partial charge in [0.25, 0.3) is 0 Å². The molecule has 0 bridgehead atoms. The highest BCUT2D eigenvalue weighted by Crippen LogP contribution is 2.44. The number of imidazole rings is 1. The van der Waals surface area contributed by atoms with Crippen molar-refractivity contribution in [1.29, 1.82) is 0 Å². The Morgan fingerprint density at radius 1 is 0.941 bits per heavy atom. The highest BCUT2D eigenvalue weighted by Gasteiger charge is 2.44. The first-order valence-electron chi connectivity index (χ1n) is 11.4. The highest BCUT2D eigenvalue weighted by atomic mass is 16.5. The molecule has 1 N–H and O–H groups in total. The molecule has 0 unspecified atom stereocenters. The first-order chi connectivity index (χ1) is 16.4. The maximum Gasteiger partial charge on any atom is 0.237 e. The van der Waals surface area contributed by atoms with Crippen LogP contribution in [0.5, 0.6) is 5.75 Å². The van der Waals surface area contributed by atoms with E-state index < -0.39 is 5.41 Å². The van der Waals surface area contributed by atoms with E-state index in [2.05, 4.69) is 41.4 Å². The van der Waals surface area contributed by atoms with Crippen LogP contribution in [0.1, 0.15) is 25.0 Å². The van der Waals surface area contributed by atoms with Crippen LogP contribution >= 0.6 is 0 Å². The molecule has 0 saturated carbocycles. The van der Waals surface area contributed by atoms with Gasteiger partial charge in [-0.25, -0.2) is 4.98 Å². The van der Waals surface area contributed by atoms with Gasteiger partial charge in [-0.2, -0.15) is 0 Å². The third kappa shape index (κ3) is 3.16. The minimum absolute atomic E-state index is 0.110. The number of aromatic nitrogens is 2. The Labute approximate surface area is 198 Å². The second-order valence-corrected chi connectivity index (χ2v) is 9.40. The zero-order valence-corrected chi connectivity index (χ0v) is 19.4. The number of hydrogen-bond donors (Lipinski definition) is 1. The van der Waals surface area contributed by atoms with Crippen molar-refractivity contribution in [1.82, 2.24) is 9.97 Å². The molecule has 168 valence electrons. The molecule has 0 fully saturated rings. The number of methoxy groups -OCH3 is 1. The van der Waals surface area contributed by atoms with E-state index in [1.54, 1.807) is 7.11 Å². The number of aromatic amines is 1. The molecule has 0 atom stereocenters. The minimum atomic E-state index is -0.605. The highest BCUT2D eigenvalue weighted by molar-refractivity contribution is 6.09. The van der Waals surface area contributed by atoms with E-state index in [1.165, 1.54) is 10.8 Å². The van der Waals surface area contributed by atoms with Crippen molar-refractivity contribution < 1.29 is 9.53 Å². The summed E-state index contributed by atoms with van der Waals surface area (Å²) in [5.74, 6) is 1.72. The number of amides is 1. The molecule has 1 aliphatic heterocycles. The van der Waals surface area contributed by atoms with Crippen LogP contribution in [-0.2, 0) is 16.8 Å². The van der Waals surface area contributed by atoms with Crippen LogP contribution in [0.2, 0.25) is 0 Å². The topological polar surface area (TPSA) is 58.2 Å². The first-order valence-corrected chi connectivity index (χ1v) is 11.4. The van der Waals surface area contributed by atoms with Crippen LogP contribution in [0, 0.1) is 0 Å². The van der Waals surface area contributed by atoms with Gasteiger partial charge < -0.3 is 14.6 Å². The van der Waals surface area contributed by atoms with Crippen LogP contribution in [0.4, 0.5) is 5.69 Å². The summed E-state index contributed by atoms with van der Waals surface area (Å²) in [7, 11) is 1.66. The molecule has 4 aromatic carbocycles. The molecule has 0 radical (unpaired) electrons. The summed E-state index contributed by atoms with van der Waals surface area (Å²) in [6.07, 6.45) is 0. The molecule has 1 aromatic heterocycles. The quantitative estimate of drug-likeness (QED) is 0.356. The lowest BCUT2D eigenvalue weighted by atomic mass is 9.86. The smallest absolute Gasteiger partial charge is 0.237 e. The second-order valence-electron chi connectivity index (χ2n) is 9.40. The SMILES string of the molecule is COc1ccc(-c2nc3cc4c(cc3[nH]2)C(C)(C)C(=O)N4Cc2ccc3ccccc3c2)cc1. The number of fused-ring (bicyclic) bond motifs is 3. The molecule has 1 aliphatic rings. The maximum absolute atomic E-state index is 13.5. The summed E-state index contributed by atoms with van der Waals surface area (Å²) >= 11 is 0. The summed E-state index contributed by atoms with van der Waals surface area (Å²) in [4.78, 5) is 23.7. The molecule has 5 nitrogen and oxygen atoms in total. The standard InChI is InChI=1S/C29H25N3O2/c1-29(2)23-15-24-25(31-27(30-24)20-10-12-22(34-3)13-11-20)16-26(23)32(28(29)33)17-18-8-9-19-6-4-5-7-21(19)14-18/h4-16H,17H2,1-3H3,(H,30,31). The fraction of sp³-hybridized carbons (Fsp3) is 0.172. The number of carbonyl (C=O) groups excluding carboxylic acids is 1. The molecule has 5 aromatic rings. The van der Waals surface area contributed by atoms with Crippen LogP contribution in [-0.4, -0.2) is 23.0 Å². The van der Waals surface area contributed by atoms with Crippen LogP contribution in [0.25, 0.3) is 33.2 Å². The van der Waals surface area contributed by atoms with E-state index in [-0.39, 0.29) is 5.91 Å². The number of carbonyl (C=O) groups is 1. The fourth-order valence-electron chi connectivity index (χ4n) is 4.89. The average molecular weight is 448 g/mol. The maximum atomic E-state index is 13.5. The fourth-order valence-corrected chi connectivity index (χ4v) is 4.89. The molecule has 0 saturated heterocycles. The third-order valence-electron chi connectivity index (χ3n) is 6.86. The van der Waals surface area contributed by atoms with Gasteiger partial charge in [0.15, 0.2) is 0 Å². The molecule has 5 heteroatoms. The lowest BCUT2D eigenvalue weighted by molar-refractivity contribution is -0.122. The minimum Gasteiger partial charge on any atom is -0.497 e. The molecule has 2 heterocycles. The van der Waals surface area contributed by atoms with Crippen molar-refractivity contribution in [2.45, 2.75) is 25.8 Å². The van der Waals surface area contributed by atoms with Gasteiger partial charge in [-0.3, -0.25) is 4.79 Å². The van der Waals surface area contributed by atoms with Crippen LogP contribution in [0.15, 0.2) is 78.9 Å². The number of hydrogen-bond acceptors (Lipinski definition) is 3. The summed E-state index contributed by atoms with van der Waals surface area (Å²) in [6.45, 7) is 4.53. The zero-order valence-electron chi connectivity index (χ0n) is 19.4. The average Bonchev–Trinajstić information content (AvgIpc) is 3.36. The normalized spacial score (nSPS) is 14.7. The third-order valence-corrected chi connectivity index (χ3v) is 6.86. The van der Waals surface area contributed by atoms with Gasteiger partial charge in [0, 0.05) is 5.56 Å². The molecule has 1 amide bonds. The monoisotopic (exact) mass is 447 g/mol. The van der Waals surface area contributed by atoms with Crippen molar-refractivity contribution in [2.75, 3.05) is 12.0 Å². The Hall–Kier alpha value is -4.12. The largest absolute Gasteiger partial charge is 0.497 e. The molecule has 0 aliphatic carbocycles. The Morgan fingerprint density at radius 2 is 1.71 bits per heavy atom. The molecule has 34 heavy (non-hydrogen) atoms. The number of anilines is 1. The van der Waals surface area contributed by atoms with Crippen LogP contribution < -0.4 is 9.64 Å². The Bertz CT molecular complexity index is 1560. The van der Waals surface area contributed by atoms with E-state index >= 15 is 0 Å². The number of H-pyrrole nitrogens is 1. The second kappa shape index (κ2) is 7.45.